The molecule has 0 aliphatic rings. The van der Waals surface area contributed by atoms with Gasteiger partial charge in [0, 0.05) is 36.3 Å². The van der Waals surface area contributed by atoms with Gasteiger partial charge in [0.15, 0.2) is 5.58 Å². The molecule has 0 saturated heterocycles. The van der Waals surface area contributed by atoms with Crippen LogP contribution < -0.4 is 5.32 Å². The monoisotopic (exact) mass is 334 g/mol. The van der Waals surface area contributed by atoms with E-state index >= 15 is 0 Å². The minimum absolute atomic E-state index is 0.0467. The van der Waals surface area contributed by atoms with Crippen LogP contribution in [0.5, 0.6) is 0 Å². The highest BCUT2D eigenvalue weighted by atomic mass is 16.5. The van der Waals surface area contributed by atoms with Gasteiger partial charge in [-0.05, 0) is 36.8 Å². The van der Waals surface area contributed by atoms with Gasteiger partial charge in [-0.15, -0.1) is 0 Å². The number of pyridine rings is 1. The number of aryl methyl sites for hydroxylation is 1. The van der Waals surface area contributed by atoms with Crippen molar-refractivity contribution in [1.82, 2.24) is 20.0 Å². The van der Waals surface area contributed by atoms with E-state index in [0.717, 1.165) is 29.4 Å². The summed E-state index contributed by atoms with van der Waals surface area (Å²) in [6, 6.07) is 13.6. The Morgan fingerprint density at radius 2 is 2.08 bits per heavy atom. The fourth-order valence-corrected chi connectivity index (χ4v) is 2.96. The van der Waals surface area contributed by atoms with Gasteiger partial charge in [0.05, 0.1) is 6.42 Å². The average Bonchev–Trinajstić information content (AvgIpc) is 3.24. The number of fused-ring (bicyclic) bond motifs is 2. The Kier molecular flexibility index (Phi) is 4.16. The fourth-order valence-electron chi connectivity index (χ4n) is 2.96. The summed E-state index contributed by atoms with van der Waals surface area (Å²) in [5.41, 5.74) is 2.36. The first-order chi connectivity index (χ1) is 12.3. The highest BCUT2D eigenvalue weighted by molar-refractivity contribution is 5.86. The van der Waals surface area contributed by atoms with Crippen molar-refractivity contribution in [1.29, 1.82) is 0 Å². The second-order valence-electron chi connectivity index (χ2n) is 5.93. The maximum atomic E-state index is 12.1. The second-order valence-corrected chi connectivity index (χ2v) is 5.93. The van der Waals surface area contributed by atoms with Gasteiger partial charge < -0.3 is 14.4 Å². The van der Waals surface area contributed by atoms with E-state index in [4.69, 9.17) is 4.52 Å². The third-order valence-corrected chi connectivity index (χ3v) is 4.20. The Labute approximate surface area is 144 Å². The van der Waals surface area contributed by atoms with Crippen LogP contribution in [0.15, 0.2) is 59.4 Å². The molecule has 126 valence electrons. The van der Waals surface area contributed by atoms with E-state index in [1.165, 1.54) is 0 Å². The Hall–Kier alpha value is -3.15. The molecule has 1 aromatic carbocycles. The van der Waals surface area contributed by atoms with Crippen molar-refractivity contribution in [2.75, 3.05) is 6.54 Å². The lowest BCUT2D eigenvalue weighted by Gasteiger charge is -2.06. The van der Waals surface area contributed by atoms with Crippen LogP contribution in [-0.4, -0.2) is 27.2 Å². The molecule has 0 radical (unpaired) electrons. The first-order valence-electron chi connectivity index (χ1n) is 8.31. The first-order valence-corrected chi connectivity index (χ1v) is 8.31. The van der Waals surface area contributed by atoms with Gasteiger partial charge in [-0.1, -0.05) is 17.3 Å². The molecule has 0 fully saturated rings. The van der Waals surface area contributed by atoms with Gasteiger partial charge in [-0.25, -0.2) is 4.98 Å². The third kappa shape index (κ3) is 3.24. The summed E-state index contributed by atoms with van der Waals surface area (Å²) in [5.74, 6) is -0.0467. The lowest BCUT2D eigenvalue weighted by atomic mass is 10.1. The van der Waals surface area contributed by atoms with Crippen LogP contribution in [0.1, 0.15) is 12.1 Å². The molecule has 0 spiro atoms. The van der Waals surface area contributed by atoms with Crippen molar-refractivity contribution in [2.24, 2.45) is 0 Å². The average molecular weight is 334 g/mol. The van der Waals surface area contributed by atoms with E-state index < -0.39 is 0 Å². The van der Waals surface area contributed by atoms with Crippen LogP contribution in [0, 0.1) is 0 Å². The molecule has 0 atom stereocenters. The maximum Gasteiger partial charge on any atom is 0.226 e. The summed E-state index contributed by atoms with van der Waals surface area (Å²) in [5, 5.41) is 8.95. The van der Waals surface area contributed by atoms with Gasteiger partial charge in [0.1, 0.15) is 11.3 Å². The zero-order valence-corrected chi connectivity index (χ0v) is 13.7. The standard InChI is InChI=1S/C19H18N4O2/c24-18(13-16-15-6-1-2-7-17(15)25-22-16)20-10-4-11-23-12-8-14-5-3-9-21-19(14)23/h1-3,5-9,12H,4,10-11,13H2,(H,20,24). The van der Waals surface area contributed by atoms with Crippen molar-refractivity contribution in [3.05, 3.63) is 60.6 Å². The van der Waals surface area contributed by atoms with Crippen molar-refractivity contribution in [2.45, 2.75) is 19.4 Å². The lowest BCUT2D eigenvalue weighted by Crippen LogP contribution is -2.27. The molecule has 3 heterocycles. The van der Waals surface area contributed by atoms with Gasteiger partial charge in [-0.3, -0.25) is 4.79 Å². The summed E-state index contributed by atoms with van der Waals surface area (Å²) in [4.78, 5) is 16.5. The Morgan fingerprint density at radius 1 is 1.16 bits per heavy atom. The van der Waals surface area contributed by atoms with Crippen LogP contribution in [0.2, 0.25) is 0 Å². The molecule has 6 heteroatoms. The van der Waals surface area contributed by atoms with Crippen molar-refractivity contribution >= 4 is 27.9 Å². The number of hydrogen-bond acceptors (Lipinski definition) is 4. The minimum Gasteiger partial charge on any atom is -0.356 e. The minimum atomic E-state index is -0.0467. The summed E-state index contributed by atoms with van der Waals surface area (Å²) >= 11 is 0. The molecule has 4 rings (SSSR count). The zero-order valence-electron chi connectivity index (χ0n) is 13.7. The molecule has 1 N–H and O–H groups in total. The number of carbonyl (C=O) groups excluding carboxylic acids is 1. The van der Waals surface area contributed by atoms with Crippen LogP contribution in [0.3, 0.4) is 0 Å². The lowest BCUT2D eigenvalue weighted by molar-refractivity contribution is -0.120. The van der Waals surface area contributed by atoms with Crippen LogP contribution in [-0.2, 0) is 17.8 Å². The fraction of sp³-hybridized carbons (Fsp3) is 0.211. The highest BCUT2D eigenvalue weighted by Gasteiger charge is 2.11. The summed E-state index contributed by atoms with van der Waals surface area (Å²) in [6.45, 7) is 1.43. The van der Waals surface area contributed by atoms with E-state index in [2.05, 4.69) is 26.1 Å². The zero-order chi connectivity index (χ0) is 17.1. The molecule has 0 aliphatic heterocycles. The van der Waals surface area contributed by atoms with Crippen molar-refractivity contribution in [3.63, 3.8) is 0 Å². The van der Waals surface area contributed by atoms with Crippen LogP contribution in [0.4, 0.5) is 0 Å². The molecule has 1 amide bonds. The van der Waals surface area contributed by atoms with E-state index in [-0.39, 0.29) is 12.3 Å². The van der Waals surface area contributed by atoms with Crippen molar-refractivity contribution in [3.8, 4) is 0 Å². The highest BCUT2D eigenvalue weighted by Crippen LogP contribution is 2.18. The normalized spacial score (nSPS) is 11.2. The number of para-hydroxylation sites is 1. The maximum absolute atomic E-state index is 12.1. The molecular weight excluding hydrogens is 316 g/mol. The third-order valence-electron chi connectivity index (χ3n) is 4.20. The molecule has 6 nitrogen and oxygen atoms in total. The quantitative estimate of drug-likeness (QED) is 0.550. The Balaban J connectivity index is 1.29. The summed E-state index contributed by atoms with van der Waals surface area (Å²) < 4.78 is 7.33. The van der Waals surface area contributed by atoms with E-state index in [1.54, 1.807) is 6.20 Å². The molecule has 0 unspecified atom stereocenters. The van der Waals surface area contributed by atoms with Gasteiger partial charge in [-0.2, -0.15) is 0 Å². The predicted molar refractivity (Wildman–Crippen MR) is 95.1 cm³/mol. The van der Waals surface area contributed by atoms with Crippen molar-refractivity contribution < 1.29 is 9.32 Å². The number of rotatable bonds is 6. The van der Waals surface area contributed by atoms with Gasteiger partial charge in [0.25, 0.3) is 0 Å². The van der Waals surface area contributed by atoms with E-state index in [1.807, 2.05) is 42.6 Å². The number of benzene rings is 1. The molecule has 25 heavy (non-hydrogen) atoms. The topological polar surface area (TPSA) is 73.0 Å². The number of nitrogens with one attached hydrogen (secondary N) is 1. The smallest absolute Gasteiger partial charge is 0.226 e. The number of aromatic nitrogens is 3. The molecule has 0 saturated carbocycles. The Morgan fingerprint density at radius 3 is 3.04 bits per heavy atom. The number of amides is 1. The summed E-state index contributed by atoms with van der Waals surface area (Å²) in [6.07, 6.45) is 4.89. The van der Waals surface area contributed by atoms with Crippen LogP contribution >= 0.6 is 0 Å². The van der Waals surface area contributed by atoms with Crippen LogP contribution in [0.25, 0.3) is 22.0 Å². The molecular formula is C19H18N4O2. The van der Waals surface area contributed by atoms with Gasteiger partial charge >= 0.3 is 0 Å². The molecule has 0 bridgehead atoms. The Bertz CT molecular complexity index is 1020. The molecule has 4 aromatic rings. The SMILES string of the molecule is O=C(Cc1noc2ccccc12)NCCCn1ccc2cccnc21. The summed E-state index contributed by atoms with van der Waals surface area (Å²) in [7, 11) is 0. The molecule has 3 aromatic heterocycles. The van der Waals surface area contributed by atoms with E-state index in [0.29, 0.717) is 17.8 Å². The first kappa shape index (κ1) is 15.4. The second kappa shape index (κ2) is 6.76. The van der Waals surface area contributed by atoms with E-state index in [9.17, 15) is 4.79 Å². The largest absolute Gasteiger partial charge is 0.356 e. The predicted octanol–water partition coefficient (Wildman–Crippen LogP) is 2.93. The number of carbonyl (C=O) groups is 1. The molecule has 0 aliphatic carbocycles. The number of nitrogens with zero attached hydrogens (tertiary/aromatic N) is 3. The van der Waals surface area contributed by atoms with Gasteiger partial charge in [0.2, 0.25) is 5.91 Å². The number of hydrogen-bond donors (Lipinski definition) is 1.